The third kappa shape index (κ3) is 3.82. The van der Waals surface area contributed by atoms with Crippen LogP contribution in [0.3, 0.4) is 0 Å². The molecule has 38 heavy (non-hydrogen) atoms. The monoisotopic (exact) mass is 525 g/mol. The molecule has 2 N–H and O–H groups in total. The van der Waals surface area contributed by atoms with E-state index in [-0.39, 0.29) is 44.1 Å². The quantitative estimate of drug-likeness (QED) is 0.334. The molecule has 4 heterocycles. The van der Waals surface area contributed by atoms with Gasteiger partial charge in [0.2, 0.25) is 11.8 Å². The van der Waals surface area contributed by atoms with Crippen molar-refractivity contribution < 1.29 is 29.3 Å². The molecule has 3 saturated heterocycles. The minimum absolute atomic E-state index is 0.0436. The van der Waals surface area contributed by atoms with Crippen LogP contribution in [0.15, 0.2) is 36.9 Å². The van der Waals surface area contributed by atoms with Crippen LogP contribution in [-0.4, -0.2) is 89.7 Å². The molecule has 3 unspecified atom stereocenters. The molecule has 11 nitrogen and oxygen atoms in total. The van der Waals surface area contributed by atoms with E-state index in [2.05, 4.69) is 16.9 Å². The molecular weight excluding hydrogens is 490 g/mol. The highest BCUT2D eigenvalue weighted by molar-refractivity contribution is 5.98. The van der Waals surface area contributed by atoms with Crippen molar-refractivity contribution in [1.29, 1.82) is 0 Å². The Morgan fingerprint density at radius 3 is 2.76 bits per heavy atom. The van der Waals surface area contributed by atoms with Crippen molar-refractivity contribution in [2.24, 2.45) is 17.8 Å². The second kappa shape index (κ2) is 9.77. The summed E-state index contributed by atoms with van der Waals surface area (Å²) in [6, 6.07) is 6.46. The number of hydrogen-bond donors (Lipinski definition) is 2. The Balaban J connectivity index is 1.53. The molecule has 0 saturated carbocycles. The van der Waals surface area contributed by atoms with E-state index in [0.29, 0.717) is 31.2 Å². The Morgan fingerprint density at radius 1 is 1.29 bits per heavy atom. The number of carbonyl (C=O) groups excluding carboxylic acids is 2. The van der Waals surface area contributed by atoms with E-state index < -0.39 is 35.0 Å². The molecule has 1 spiro atoms. The van der Waals surface area contributed by atoms with E-state index in [1.165, 1.54) is 4.90 Å². The number of rotatable bonds is 11. The highest BCUT2D eigenvalue weighted by Gasteiger charge is 2.80. The van der Waals surface area contributed by atoms with Crippen LogP contribution in [0, 0.1) is 17.8 Å². The van der Waals surface area contributed by atoms with Crippen molar-refractivity contribution in [2.75, 3.05) is 19.7 Å². The summed E-state index contributed by atoms with van der Waals surface area (Å²) < 4.78 is 8.19. The first-order chi connectivity index (χ1) is 18.2. The maximum absolute atomic E-state index is 14.4. The molecule has 0 aliphatic carbocycles. The van der Waals surface area contributed by atoms with Gasteiger partial charge < -0.3 is 24.7 Å². The molecule has 11 heteroatoms. The fourth-order valence-corrected chi connectivity index (χ4v) is 6.93. The second-order valence-electron chi connectivity index (χ2n) is 10.9. The van der Waals surface area contributed by atoms with Crippen molar-refractivity contribution in [3.63, 3.8) is 0 Å². The predicted octanol–water partition coefficient (Wildman–Crippen LogP) is 1.66. The molecule has 2 bridgehead atoms. The summed E-state index contributed by atoms with van der Waals surface area (Å²) in [5.74, 6) is -3.88. The molecule has 1 aromatic heterocycles. The smallest absolute Gasteiger partial charge is 0.310 e. The summed E-state index contributed by atoms with van der Waals surface area (Å²) in [6.07, 6.45) is 3.88. The van der Waals surface area contributed by atoms with Crippen molar-refractivity contribution in [2.45, 2.75) is 63.4 Å². The van der Waals surface area contributed by atoms with Gasteiger partial charge in [0.05, 0.1) is 17.0 Å². The largest absolute Gasteiger partial charge is 0.481 e. The zero-order chi connectivity index (χ0) is 27.2. The third-order valence-corrected chi connectivity index (χ3v) is 8.76. The van der Waals surface area contributed by atoms with Gasteiger partial charge in [0.25, 0.3) is 0 Å². The SMILES string of the molecule is C=CCN(Cn1nnc2ccccc21)C(=O)C1N(CCCCCO)C(=O)[C@@H]2[C@@H](C(=O)O)[C@]3(C)OC12CC3C. The van der Waals surface area contributed by atoms with E-state index >= 15 is 0 Å². The lowest BCUT2D eigenvalue weighted by molar-refractivity contribution is -0.158. The molecule has 3 aliphatic heterocycles. The Hall–Kier alpha value is -3.31. The van der Waals surface area contributed by atoms with Gasteiger partial charge in [0.1, 0.15) is 29.7 Å². The number of aromatic nitrogens is 3. The van der Waals surface area contributed by atoms with Crippen LogP contribution in [0.25, 0.3) is 11.0 Å². The number of aliphatic hydroxyl groups is 1. The number of ether oxygens (including phenoxy) is 1. The van der Waals surface area contributed by atoms with E-state index in [4.69, 9.17) is 4.74 Å². The lowest BCUT2D eigenvalue weighted by Crippen LogP contribution is -2.56. The first-order valence-electron chi connectivity index (χ1n) is 13.2. The molecule has 204 valence electrons. The van der Waals surface area contributed by atoms with E-state index in [1.54, 1.807) is 22.6 Å². The topological polar surface area (TPSA) is 138 Å². The number of para-hydroxylation sites is 1. The first kappa shape index (κ1) is 26.3. The molecule has 2 aromatic rings. The van der Waals surface area contributed by atoms with Gasteiger partial charge in [0, 0.05) is 19.7 Å². The molecule has 5 rings (SSSR count). The van der Waals surface area contributed by atoms with Crippen LogP contribution in [-0.2, 0) is 25.8 Å². The minimum Gasteiger partial charge on any atom is -0.481 e. The number of nitrogens with zero attached hydrogens (tertiary/aromatic N) is 5. The van der Waals surface area contributed by atoms with Crippen LogP contribution in [0.5, 0.6) is 0 Å². The fraction of sp³-hybridized carbons (Fsp3) is 0.593. The average molecular weight is 526 g/mol. The number of amides is 2. The zero-order valence-corrected chi connectivity index (χ0v) is 21.8. The summed E-state index contributed by atoms with van der Waals surface area (Å²) in [5, 5.41) is 27.8. The number of carboxylic acids is 1. The van der Waals surface area contributed by atoms with Gasteiger partial charge in [-0.2, -0.15) is 0 Å². The number of aliphatic carboxylic acids is 1. The van der Waals surface area contributed by atoms with Crippen molar-refractivity contribution >= 4 is 28.8 Å². The van der Waals surface area contributed by atoms with Crippen LogP contribution >= 0.6 is 0 Å². The number of fused-ring (bicyclic) bond motifs is 2. The minimum atomic E-state index is -1.23. The van der Waals surface area contributed by atoms with Gasteiger partial charge in [-0.1, -0.05) is 30.3 Å². The summed E-state index contributed by atoms with van der Waals surface area (Å²) >= 11 is 0. The number of aliphatic hydroxyl groups excluding tert-OH is 1. The second-order valence-corrected chi connectivity index (χ2v) is 10.9. The number of hydrogen-bond acceptors (Lipinski definition) is 7. The highest BCUT2D eigenvalue weighted by atomic mass is 16.5. The van der Waals surface area contributed by atoms with Gasteiger partial charge in [-0.3, -0.25) is 14.4 Å². The summed E-state index contributed by atoms with van der Waals surface area (Å²) in [6.45, 7) is 8.12. The maximum Gasteiger partial charge on any atom is 0.310 e. The Morgan fingerprint density at radius 2 is 2.05 bits per heavy atom. The maximum atomic E-state index is 14.4. The molecule has 3 fully saturated rings. The summed E-state index contributed by atoms with van der Waals surface area (Å²) in [7, 11) is 0. The van der Waals surface area contributed by atoms with Gasteiger partial charge in [0.15, 0.2) is 0 Å². The third-order valence-electron chi connectivity index (χ3n) is 8.76. The Bertz CT molecular complexity index is 1260. The van der Waals surface area contributed by atoms with Crippen molar-refractivity contribution in [3.05, 3.63) is 36.9 Å². The zero-order valence-electron chi connectivity index (χ0n) is 21.8. The number of carbonyl (C=O) groups is 3. The molecular formula is C27H35N5O6. The normalized spacial score (nSPS) is 31.7. The number of benzene rings is 1. The molecule has 6 atom stereocenters. The van der Waals surface area contributed by atoms with Gasteiger partial charge >= 0.3 is 5.97 Å². The Labute approximate surface area is 221 Å². The molecule has 1 aromatic carbocycles. The van der Waals surface area contributed by atoms with E-state index in [1.807, 2.05) is 31.2 Å². The molecule has 3 aliphatic rings. The van der Waals surface area contributed by atoms with Crippen LogP contribution < -0.4 is 0 Å². The highest BCUT2D eigenvalue weighted by Crippen LogP contribution is 2.65. The van der Waals surface area contributed by atoms with E-state index in [0.717, 1.165) is 5.52 Å². The first-order valence-corrected chi connectivity index (χ1v) is 13.2. The van der Waals surface area contributed by atoms with Crippen molar-refractivity contribution in [1.82, 2.24) is 24.8 Å². The van der Waals surface area contributed by atoms with Gasteiger partial charge in [-0.15, -0.1) is 11.7 Å². The van der Waals surface area contributed by atoms with Crippen molar-refractivity contribution in [3.8, 4) is 0 Å². The Kier molecular flexibility index (Phi) is 6.77. The lowest BCUT2D eigenvalue weighted by Gasteiger charge is -2.37. The predicted molar refractivity (Wildman–Crippen MR) is 136 cm³/mol. The number of likely N-dealkylation sites (tertiary alicyclic amines) is 1. The van der Waals surface area contributed by atoms with E-state index in [9.17, 15) is 24.6 Å². The average Bonchev–Trinajstić information content (AvgIpc) is 3.55. The summed E-state index contributed by atoms with van der Waals surface area (Å²) in [5.41, 5.74) is -0.813. The summed E-state index contributed by atoms with van der Waals surface area (Å²) in [4.78, 5) is 43.9. The standard InChI is InChI=1S/C27H35N5O6/c1-4-12-30(16-32-19-11-7-6-10-18(19)28-29-32)24(35)22-27-15-17(2)26(3,38-27)21(25(36)37)20(27)23(34)31(22)13-8-5-9-14-33/h4,6-7,10-11,17,20-22,33H,1,5,8-9,12-16H2,2-3H3,(H,36,37)/t17?,20-,21-,22?,26+,27?/m0/s1. The molecule has 2 amide bonds. The lowest BCUT2D eigenvalue weighted by atomic mass is 9.62. The van der Waals surface area contributed by atoms with Gasteiger partial charge in [-0.25, -0.2) is 4.68 Å². The number of carboxylic acid groups (broad SMARTS) is 1. The van der Waals surface area contributed by atoms with Crippen LogP contribution in [0.4, 0.5) is 0 Å². The van der Waals surface area contributed by atoms with Crippen LogP contribution in [0.1, 0.15) is 39.5 Å². The van der Waals surface area contributed by atoms with Crippen LogP contribution in [0.2, 0.25) is 0 Å². The molecule has 0 radical (unpaired) electrons. The number of unbranched alkanes of at least 4 members (excludes halogenated alkanes) is 2. The fourth-order valence-electron chi connectivity index (χ4n) is 6.93. The van der Waals surface area contributed by atoms with Gasteiger partial charge in [-0.05, 0) is 50.7 Å².